The van der Waals surface area contributed by atoms with Crippen LogP contribution in [0.25, 0.3) is 0 Å². The van der Waals surface area contributed by atoms with Crippen molar-refractivity contribution >= 4 is 11.6 Å². The van der Waals surface area contributed by atoms with Crippen LogP contribution in [0.5, 0.6) is 0 Å². The van der Waals surface area contributed by atoms with Crippen molar-refractivity contribution < 1.29 is 4.92 Å². The lowest BCUT2D eigenvalue weighted by Gasteiger charge is -2.25. The first-order valence-electron chi connectivity index (χ1n) is 5.58. The van der Waals surface area contributed by atoms with Crippen molar-refractivity contribution in [2.24, 2.45) is 13.0 Å². The Kier molecular flexibility index (Phi) is 3.07. The standard InChI is InChI=1S/C10H16N4O2/c1-13-7-12-10(14(15)16)9(13)11-6-5-8-3-2-4-8/h7-8,11H,2-6H2,1H3. The minimum Gasteiger partial charge on any atom is -0.364 e. The third-order valence-corrected chi connectivity index (χ3v) is 3.16. The summed E-state index contributed by atoms with van der Waals surface area (Å²) in [5.74, 6) is 1.22. The van der Waals surface area contributed by atoms with Crippen LogP contribution in [-0.2, 0) is 7.05 Å². The van der Waals surface area contributed by atoms with Gasteiger partial charge in [0.1, 0.15) is 0 Å². The highest BCUT2D eigenvalue weighted by atomic mass is 16.6. The predicted molar refractivity (Wildman–Crippen MR) is 60.3 cm³/mol. The average Bonchev–Trinajstić information content (AvgIpc) is 2.52. The number of hydrogen-bond donors (Lipinski definition) is 1. The van der Waals surface area contributed by atoms with Gasteiger partial charge in [-0.15, -0.1) is 0 Å². The summed E-state index contributed by atoms with van der Waals surface area (Å²) in [5, 5.41) is 13.8. The van der Waals surface area contributed by atoms with E-state index in [1.807, 2.05) is 0 Å². The molecule has 16 heavy (non-hydrogen) atoms. The minimum atomic E-state index is -0.453. The van der Waals surface area contributed by atoms with Gasteiger partial charge in [-0.25, -0.2) is 0 Å². The number of imidazole rings is 1. The van der Waals surface area contributed by atoms with Gasteiger partial charge in [-0.2, -0.15) is 0 Å². The van der Waals surface area contributed by atoms with Crippen molar-refractivity contribution in [3.63, 3.8) is 0 Å². The van der Waals surface area contributed by atoms with Gasteiger partial charge < -0.3 is 15.4 Å². The molecule has 1 saturated carbocycles. The quantitative estimate of drug-likeness (QED) is 0.612. The molecule has 1 heterocycles. The summed E-state index contributed by atoms with van der Waals surface area (Å²) in [4.78, 5) is 14.0. The zero-order valence-corrected chi connectivity index (χ0v) is 9.35. The van der Waals surface area contributed by atoms with Crippen LogP contribution in [0.3, 0.4) is 0 Å². The first kappa shape index (κ1) is 10.9. The summed E-state index contributed by atoms with van der Waals surface area (Å²) < 4.78 is 1.65. The van der Waals surface area contributed by atoms with Gasteiger partial charge in [0.15, 0.2) is 0 Å². The third kappa shape index (κ3) is 2.15. The highest BCUT2D eigenvalue weighted by Gasteiger charge is 2.21. The van der Waals surface area contributed by atoms with E-state index in [1.54, 1.807) is 11.6 Å². The maximum Gasteiger partial charge on any atom is 0.406 e. The van der Waals surface area contributed by atoms with E-state index < -0.39 is 4.92 Å². The maximum absolute atomic E-state index is 10.7. The fraction of sp³-hybridized carbons (Fsp3) is 0.700. The van der Waals surface area contributed by atoms with E-state index in [0.29, 0.717) is 5.82 Å². The lowest BCUT2D eigenvalue weighted by Crippen LogP contribution is -2.16. The second-order valence-corrected chi connectivity index (χ2v) is 4.30. The molecule has 1 aromatic rings. The number of nitrogens with zero attached hydrogens (tertiary/aromatic N) is 3. The molecule has 6 nitrogen and oxygen atoms in total. The van der Waals surface area contributed by atoms with Gasteiger partial charge in [0.05, 0.1) is 0 Å². The molecular formula is C10H16N4O2. The number of aromatic nitrogens is 2. The Morgan fingerprint density at radius 3 is 3.00 bits per heavy atom. The summed E-state index contributed by atoms with van der Waals surface area (Å²) in [6.07, 6.45) is 6.48. The van der Waals surface area contributed by atoms with Crippen molar-refractivity contribution in [3.8, 4) is 0 Å². The normalized spacial score (nSPS) is 15.8. The molecule has 0 saturated heterocycles. The van der Waals surface area contributed by atoms with E-state index in [1.165, 1.54) is 25.6 Å². The second-order valence-electron chi connectivity index (χ2n) is 4.30. The number of aryl methyl sites for hydroxylation is 1. The molecule has 0 amide bonds. The van der Waals surface area contributed by atoms with Crippen LogP contribution in [0, 0.1) is 16.0 Å². The Bertz CT molecular complexity index is 384. The van der Waals surface area contributed by atoms with Crippen LogP contribution in [0.15, 0.2) is 6.33 Å². The molecule has 2 rings (SSSR count). The van der Waals surface area contributed by atoms with E-state index >= 15 is 0 Å². The van der Waals surface area contributed by atoms with Gasteiger partial charge >= 0.3 is 5.82 Å². The van der Waals surface area contributed by atoms with E-state index in [-0.39, 0.29) is 5.82 Å². The second kappa shape index (κ2) is 4.51. The molecule has 0 bridgehead atoms. The van der Waals surface area contributed by atoms with Crippen LogP contribution in [0.2, 0.25) is 0 Å². The van der Waals surface area contributed by atoms with Gasteiger partial charge in [-0.1, -0.05) is 19.3 Å². The van der Waals surface area contributed by atoms with Crippen molar-refractivity contribution in [1.29, 1.82) is 0 Å². The highest BCUT2D eigenvalue weighted by Crippen LogP contribution is 2.29. The molecule has 0 radical (unpaired) electrons. The molecule has 1 aliphatic rings. The van der Waals surface area contributed by atoms with E-state index in [9.17, 15) is 10.1 Å². The van der Waals surface area contributed by atoms with Gasteiger partial charge in [0.2, 0.25) is 12.1 Å². The fourth-order valence-electron chi connectivity index (χ4n) is 1.93. The number of anilines is 1. The van der Waals surface area contributed by atoms with Crippen LogP contribution < -0.4 is 5.32 Å². The Morgan fingerprint density at radius 2 is 2.44 bits per heavy atom. The average molecular weight is 224 g/mol. The van der Waals surface area contributed by atoms with Crippen molar-refractivity contribution in [3.05, 3.63) is 16.4 Å². The zero-order valence-electron chi connectivity index (χ0n) is 9.35. The monoisotopic (exact) mass is 224 g/mol. The molecule has 1 N–H and O–H groups in total. The first-order valence-corrected chi connectivity index (χ1v) is 5.58. The third-order valence-electron chi connectivity index (χ3n) is 3.16. The molecule has 0 atom stereocenters. The Balaban J connectivity index is 1.91. The summed E-state index contributed by atoms with van der Waals surface area (Å²) >= 11 is 0. The minimum absolute atomic E-state index is 0.0869. The van der Waals surface area contributed by atoms with Crippen LogP contribution in [-0.4, -0.2) is 21.0 Å². The van der Waals surface area contributed by atoms with Gasteiger partial charge in [-0.05, 0) is 22.2 Å². The van der Waals surface area contributed by atoms with Crippen LogP contribution >= 0.6 is 0 Å². The molecule has 0 aromatic carbocycles. The fourth-order valence-corrected chi connectivity index (χ4v) is 1.93. The molecule has 88 valence electrons. The van der Waals surface area contributed by atoms with Crippen molar-refractivity contribution in [1.82, 2.24) is 9.55 Å². The number of rotatable bonds is 5. The van der Waals surface area contributed by atoms with Crippen LogP contribution in [0.1, 0.15) is 25.7 Å². The SMILES string of the molecule is Cn1cnc([N+](=O)[O-])c1NCCC1CCC1. The van der Waals surface area contributed by atoms with Crippen molar-refractivity contribution in [2.45, 2.75) is 25.7 Å². The summed E-state index contributed by atoms with van der Waals surface area (Å²) in [5.41, 5.74) is 0. The summed E-state index contributed by atoms with van der Waals surface area (Å²) in [7, 11) is 1.76. The van der Waals surface area contributed by atoms with Gasteiger partial charge in [0, 0.05) is 13.6 Å². The highest BCUT2D eigenvalue weighted by molar-refractivity contribution is 5.51. The molecule has 1 fully saturated rings. The summed E-state index contributed by atoms with van der Waals surface area (Å²) in [6, 6.07) is 0. The lowest BCUT2D eigenvalue weighted by atomic mass is 9.83. The molecule has 0 aliphatic heterocycles. The largest absolute Gasteiger partial charge is 0.406 e. The molecule has 6 heteroatoms. The number of nitro groups is 1. The van der Waals surface area contributed by atoms with Gasteiger partial charge in [0.25, 0.3) is 0 Å². The Morgan fingerprint density at radius 1 is 1.69 bits per heavy atom. The smallest absolute Gasteiger partial charge is 0.364 e. The lowest BCUT2D eigenvalue weighted by molar-refractivity contribution is -0.388. The number of hydrogen-bond acceptors (Lipinski definition) is 4. The zero-order chi connectivity index (χ0) is 11.5. The predicted octanol–water partition coefficient (Wildman–Crippen LogP) is 1.93. The molecule has 0 spiro atoms. The van der Waals surface area contributed by atoms with Crippen LogP contribution in [0.4, 0.5) is 11.6 Å². The topological polar surface area (TPSA) is 73.0 Å². The van der Waals surface area contributed by atoms with Crippen molar-refractivity contribution in [2.75, 3.05) is 11.9 Å². The molecule has 0 unspecified atom stereocenters. The first-order chi connectivity index (χ1) is 7.68. The molecule has 1 aliphatic carbocycles. The van der Waals surface area contributed by atoms with E-state index in [2.05, 4.69) is 10.3 Å². The van der Waals surface area contributed by atoms with Gasteiger partial charge in [-0.3, -0.25) is 4.57 Å². The van der Waals surface area contributed by atoms with E-state index in [4.69, 9.17) is 0 Å². The summed E-state index contributed by atoms with van der Waals surface area (Å²) in [6.45, 7) is 0.783. The molecular weight excluding hydrogens is 208 g/mol. The molecule has 1 aromatic heterocycles. The number of nitrogens with one attached hydrogen (secondary N) is 1. The Labute approximate surface area is 93.8 Å². The maximum atomic E-state index is 10.7. The Hall–Kier alpha value is -1.59. The van der Waals surface area contributed by atoms with E-state index in [0.717, 1.165) is 18.9 Å².